The van der Waals surface area contributed by atoms with E-state index in [0.717, 1.165) is 0 Å². The molecule has 2 unspecified atom stereocenters. The zero-order valence-corrected chi connectivity index (χ0v) is 10.7. The van der Waals surface area contributed by atoms with Gasteiger partial charge in [-0.2, -0.15) is 0 Å². The molecule has 1 aromatic carbocycles. The second kappa shape index (κ2) is 5.34. The van der Waals surface area contributed by atoms with Crippen LogP contribution in [0.1, 0.15) is 18.1 Å². The lowest BCUT2D eigenvalue weighted by molar-refractivity contribution is 0.166. The van der Waals surface area contributed by atoms with Gasteiger partial charge < -0.3 is 10.4 Å². The first kappa shape index (κ1) is 13.5. The zero-order chi connectivity index (χ0) is 13.2. The Labute approximate surface area is 106 Å². The Balaban J connectivity index is 1.90. The Morgan fingerprint density at radius 3 is 2.78 bits per heavy atom. The van der Waals surface area contributed by atoms with E-state index in [1.54, 1.807) is 12.1 Å². The van der Waals surface area contributed by atoms with Gasteiger partial charge >= 0.3 is 0 Å². The number of rotatable bonds is 4. The van der Waals surface area contributed by atoms with E-state index >= 15 is 0 Å². The van der Waals surface area contributed by atoms with Crippen molar-refractivity contribution >= 4 is 9.84 Å². The average molecular weight is 273 g/mol. The van der Waals surface area contributed by atoms with Gasteiger partial charge in [0.05, 0.1) is 17.6 Å². The van der Waals surface area contributed by atoms with E-state index in [1.165, 1.54) is 12.1 Å². The smallest absolute Gasteiger partial charge is 0.151 e. The van der Waals surface area contributed by atoms with E-state index in [-0.39, 0.29) is 29.7 Å². The van der Waals surface area contributed by atoms with Crippen LogP contribution in [-0.4, -0.2) is 37.6 Å². The van der Waals surface area contributed by atoms with Crippen molar-refractivity contribution in [1.29, 1.82) is 0 Å². The summed E-state index contributed by atoms with van der Waals surface area (Å²) in [7, 11) is -2.93. The third-order valence-corrected chi connectivity index (χ3v) is 4.86. The SMILES string of the molecule is O=S1(=O)CCC(NCC(O)c2ccccc2F)C1. The Hall–Kier alpha value is -0.980. The molecule has 6 heteroatoms. The van der Waals surface area contributed by atoms with Crippen molar-refractivity contribution < 1.29 is 17.9 Å². The zero-order valence-electron chi connectivity index (χ0n) is 9.84. The number of aliphatic hydroxyl groups excluding tert-OH is 1. The van der Waals surface area contributed by atoms with E-state index in [2.05, 4.69) is 5.32 Å². The Morgan fingerprint density at radius 2 is 2.17 bits per heavy atom. The summed E-state index contributed by atoms with van der Waals surface area (Å²) in [5.41, 5.74) is 0.228. The predicted molar refractivity (Wildman–Crippen MR) is 66.4 cm³/mol. The summed E-state index contributed by atoms with van der Waals surface area (Å²) in [6, 6.07) is 5.88. The Morgan fingerprint density at radius 1 is 1.44 bits per heavy atom. The molecule has 2 N–H and O–H groups in total. The van der Waals surface area contributed by atoms with Crippen LogP contribution in [-0.2, 0) is 9.84 Å². The number of halogens is 1. The van der Waals surface area contributed by atoms with Crippen LogP contribution < -0.4 is 5.32 Å². The van der Waals surface area contributed by atoms with Crippen molar-refractivity contribution in [3.05, 3.63) is 35.6 Å². The topological polar surface area (TPSA) is 66.4 Å². The van der Waals surface area contributed by atoms with Gasteiger partial charge in [-0.05, 0) is 12.5 Å². The normalized spacial score (nSPS) is 24.0. The van der Waals surface area contributed by atoms with Crippen molar-refractivity contribution in [3.8, 4) is 0 Å². The summed E-state index contributed by atoms with van der Waals surface area (Å²) in [6.07, 6.45) is -0.415. The van der Waals surface area contributed by atoms with Gasteiger partial charge in [-0.1, -0.05) is 18.2 Å². The molecule has 2 atom stereocenters. The molecular formula is C12H16FNO3S. The summed E-state index contributed by atoms with van der Waals surface area (Å²) in [5.74, 6) is -0.178. The summed E-state index contributed by atoms with van der Waals surface area (Å²) in [6.45, 7) is 0.154. The van der Waals surface area contributed by atoms with Crippen molar-refractivity contribution in [3.63, 3.8) is 0 Å². The van der Waals surface area contributed by atoms with Crippen LogP contribution in [0.3, 0.4) is 0 Å². The third kappa shape index (κ3) is 3.28. The van der Waals surface area contributed by atoms with Crippen LogP contribution in [0.15, 0.2) is 24.3 Å². The lowest BCUT2D eigenvalue weighted by atomic mass is 10.1. The Bertz CT molecular complexity index is 518. The standard InChI is InChI=1S/C12H16FNO3S/c13-11-4-2-1-3-10(11)12(15)7-14-9-5-6-18(16,17)8-9/h1-4,9,12,14-15H,5-8H2. The van der Waals surface area contributed by atoms with Crippen LogP contribution >= 0.6 is 0 Å². The number of sulfone groups is 1. The quantitative estimate of drug-likeness (QED) is 0.844. The summed E-state index contributed by atoms with van der Waals surface area (Å²) in [5, 5.41) is 12.8. The van der Waals surface area contributed by atoms with Crippen molar-refractivity contribution in [1.82, 2.24) is 5.32 Å². The van der Waals surface area contributed by atoms with Gasteiger partial charge in [-0.3, -0.25) is 0 Å². The molecule has 1 heterocycles. The largest absolute Gasteiger partial charge is 0.387 e. The van der Waals surface area contributed by atoms with Gasteiger partial charge in [-0.15, -0.1) is 0 Å². The average Bonchev–Trinajstić information content (AvgIpc) is 2.66. The maximum atomic E-state index is 13.4. The molecule has 18 heavy (non-hydrogen) atoms. The monoisotopic (exact) mass is 273 g/mol. The molecule has 0 aromatic heterocycles. The molecule has 1 saturated heterocycles. The second-order valence-corrected chi connectivity index (χ2v) is 6.77. The van der Waals surface area contributed by atoms with Crippen LogP contribution in [0.5, 0.6) is 0 Å². The molecule has 1 aliphatic heterocycles. The second-order valence-electron chi connectivity index (χ2n) is 4.55. The molecular weight excluding hydrogens is 257 g/mol. The predicted octanol–water partition coefficient (Wildman–Crippen LogP) is 0.636. The molecule has 0 amide bonds. The maximum Gasteiger partial charge on any atom is 0.151 e. The first-order chi connectivity index (χ1) is 8.48. The maximum absolute atomic E-state index is 13.4. The highest BCUT2D eigenvalue weighted by atomic mass is 32.2. The molecule has 0 saturated carbocycles. The summed E-state index contributed by atoms with van der Waals surface area (Å²) >= 11 is 0. The number of hydrogen-bond donors (Lipinski definition) is 2. The van der Waals surface area contributed by atoms with E-state index < -0.39 is 21.8 Å². The van der Waals surface area contributed by atoms with Crippen molar-refractivity contribution in [2.24, 2.45) is 0 Å². The Kier molecular flexibility index (Phi) is 3.99. The lowest BCUT2D eigenvalue weighted by Crippen LogP contribution is -2.33. The van der Waals surface area contributed by atoms with Gasteiger partial charge in [0.15, 0.2) is 9.84 Å². The van der Waals surface area contributed by atoms with Gasteiger partial charge in [0.2, 0.25) is 0 Å². The van der Waals surface area contributed by atoms with Gasteiger partial charge in [0, 0.05) is 18.2 Å². The fourth-order valence-corrected chi connectivity index (χ4v) is 3.80. The van der Waals surface area contributed by atoms with Crippen molar-refractivity contribution in [2.45, 2.75) is 18.6 Å². The number of hydrogen-bond acceptors (Lipinski definition) is 4. The first-order valence-electron chi connectivity index (χ1n) is 5.84. The van der Waals surface area contributed by atoms with Crippen LogP contribution in [0, 0.1) is 5.82 Å². The molecule has 4 nitrogen and oxygen atoms in total. The molecule has 1 aromatic rings. The van der Waals surface area contributed by atoms with Crippen molar-refractivity contribution in [2.75, 3.05) is 18.1 Å². The van der Waals surface area contributed by atoms with Gasteiger partial charge in [0.1, 0.15) is 5.82 Å². The van der Waals surface area contributed by atoms with E-state index in [0.29, 0.717) is 6.42 Å². The number of aliphatic hydroxyl groups is 1. The molecule has 0 aliphatic carbocycles. The van der Waals surface area contributed by atoms with Crippen LogP contribution in [0.4, 0.5) is 4.39 Å². The minimum atomic E-state index is -2.93. The van der Waals surface area contributed by atoms with Crippen LogP contribution in [0.2, 0.25) is 0 Å². The molecule has 1 aliphatic rings. The first-order valence-corrected chi connectivity index (χ1v) is 7.66. The fraction of sp³-hybridized carbons (Fsp3) is 0.500. The van der Waals surface area contributed by atoms with E-state index in [1.807, 2.05) is 0 Å². The molecule has 2 rings (SSSR count). The number of nitrogens with one attached hydrogen (secondary N) is 1. The van der Waals surface area contributed by atoms with Gasteiger partial charge in [-0.25, -0.2) is 12.8 Å². The molecule has 0 radical (unpaired) electrons. The minimum absolute atomic E-state index is 0.0942. The molecule has 0 bridgehead atoms. The third-order valence-electron chi connectivity index (χ3n) is 3.10. The summed E-state index contributed by atoms with van der Waals surface area (Å²) in [4.78, 5) is 0. The highest BCUT2D eigenvalue weighted by Crippen LogP contribution is 2.17. The molecule has 1 fully saturated rings. The lowest BCUT2D eigenvalue weighted by Gasteiger charge is -2.16. The minimum Gasteiger partial charge on any atom is -0.387 e. The van der Waals surface area contributed by atoms with E-state index in [9.17, 15) is 17.9 Å². The van der Waals surface area contributed by atoms with Crippen LogP contribution in [0.25, 0.3) is 0 Å². The summed E-state index contributed by atoms with van der Waals surface area (Å²) < 4.78 is 35.9. The number of benzene rings is 1. The molecule has 100 valence electrons. The highest BCUT2D eigenvalue weighted by molar-refractivity contribution is 7.91. The fourth-order valence-electron chi connectivity index (χ4n) is 2.09. The van der Waals surface area contributed by atoms with Gasteiger partial charge in [0.25, 0.3) is 0 Å². The van der Waals surface area contributed by atoms with E-state index in [4.69, 9.17) is 0 Å². The highest BCUT2D eigenvalue weighted by Gasteiger charge is 2.28. The molecule has 0 spiro atoms.